The highest BCUT2D eigenvalue weighted by atomic mass is 79.9. The number of H-pyrrole nitrogens is 1. The monoisotopic (exact) mass is 269 g/mol. The summed E-state index contributed by atoms with van der Waals surface area (Å²) in [4.78, 5) is 7.54. The molecule has 14 heavy (non-hydrogen) atoms. The van der Waals surface area contributed by atoms with Gasteiger partial charge in [0.25, 0.3) is 0 Å². The van der Waals surface area contributed by atoms with E-state index in [1.54, 1.807) is 6.20 Å². The molecule has 0 aromatic carbocycles. The molecule has 0 radical (unpaired) electrons. The first kappa shape index (κ1) is 8.61. The molecule has 72 valence electrons. The Hall–Kier alpha value is -0.680. The molecule has 0 unspecified atom stereocenters. The van der Waals surface area contributed by atoms with E-state index >= 15 is 0 Å². The molecule has 0 atom stereocenters. The second kappa shape index (κ2) is 2.90. The molecule has 0 aliphatic heterocycles. The smallest absolute Gasteiger partial charge is 0.179 e. The molecule has 1 aliphatic carbocycles. The van der Waals surface area contributed by atoms with Gasteiger partial charge in [-0.2, -0.15) is 0 Å². The number of halogens is 1. The summed E-state index contributed by atoms with van der Waals surface area (Å²) >= 11 is 8.76. The summed E-state index contributed by atoms with van der Waals surface area (Å²) < 4.78 is 3.92. The Balaban J connectivity index is 2.43. The number of pyridine rings is 1. The van der Waals surface area contributed by atoms with Crippen molar-refractivity contribution in [3.63, 3.8) is 0 Å². The van der Waals surface area contributed by atoms with E-state index in [-0.39, 0.29) is 0 Å². The SMILES string of the molecule is S=c1[nH]c2c(Br)ccnc2n1C1CC1. The maximum Gasteiger partial charge on any atom is 0.179 e. The minimum Gasteiger partial charge on any atom is -0.328 e. The van der Waals surface area contributed by atoms with Crippen LogP contribution >= 0.6 is 28.1 Å². The fourth-order valence-electron chi connectivity index (χ4n) is 1.66. The highest BCUT2D eigenvalue weighted by Gasteiger charge is 2.26. The average Bonchev–Trinajstić information content (AvgIpc) is 2.91. The number of rotatable bonds is 1. The fraction of sp³-hybridized carbons (Fsp3) is 0.333. The summed E-state index contributed by atoms with van der Waals surface area (Å²) in [5.41, 5.74) is 1.97. The van der Waals surface area contributed by atoms with Crippen LogP contribution in [0.2, 0.25) is 0 Å². The van der Waals surface area contributed by atoms with Gasteiger partial charge in [-0.05, 0) is 47.1 Å². The number of nitrogens with one attached hydrogen (secondary N) is 1. The Bertz CT molecular complexity index is 553. The van der Waals surface area contributed by atoms with Gasteiger partial charge >= 0.3 is 0 Å². The normalized spacial score (nSPS) is 16.4. The van der Waals surface area contributed by atoms with Crippen LogP contribution in [0.15, 0.2) is 16.7 Å². The van der Waals surface area contributed by atoms with Crippen molar-refractivity contribution in [3.8, 4) is 0 Å². The van der Waals surface area contributed by atoms with Crippen LogP contribution in [0, 0.1) is 4.77 Å². The predicted molar refractivity (Wildman–Crippen MR) is 60.9 cm³/mol. The van der Waals surface area contributed by atoms with Gasteiger partial charge in [0.1, 0.15) is 0 Å². The second-order valence-electron chi connectivity index (χ2n) is 3.52. The van der Waals surface area contributed by atoms with Crippen molar-refractivity contribution < 1.29 is 0 Å². The number of aromatic amines is 1. The van der Waals surface area contributed by atoms with Gasteiger partial charge in [0, 0.05) is 16.7 Å². The van der Waals surface area contributed by atoms with Gasteiger partial charge in [-0.3, -0.25) is 4.57 Å². The third kappa shape index (κ3) is 1.15. The summed E-state index contributed by atoms with van der Waals surface area (Å²) in [5.74, 6) is 0. The summed E-state index contributed by atoms with van der Waals surface area (Å²) in [5, 5.41) is 0. The van der Waals surface area contributed by atoms with Crippen molar-refractivity contribution >= 4 is 39.3 Å². The molecule has 2 aromatic rings. The zero-order valence-corrected chi connectivity index (χ0v) is 9.73. The summed E-state index contributed by atoms with van der Waals surface area (Å²) in [6.45, 7) is 0. The van der Waals surface area contributed by atoms with Gasteiger partial charge in [-0.15, -0.1) is 0 Å². The molecule has 2 aromatic heterocycles. The second-order valence-corrected chi connectivity index (χ2v) is 4.76. The van der Waals surface area contributed by atoms with E-state index in [4.69, 9.17) is 12.2 Å². The summed E-state index contributed by atoms with van der Waals surface area (Å²) in [6.07, 6.45) is 4.23. The number of nitrogens with zero attached hydrogens (tertiary/aromatic N) is 2. The van der Waals surface area contributed by atoms with E-state index in [0.717, 1.165) is 20.4 Å². The van der Waals surface area contributed by atoms with Crippen LogP contribution in [0.5, 0.6) is 0 Å². The van der Waals surface area contributed by atoms with Crippen LogP contribution in [-0.4, -0.2) is 14.5 Å². The molecule has 0 spiro atoms. The Kier molecular flexibility index (Phi) is 1.79. The highest BCUT2D eigenvalue weighted by Crippen LogP contribution is 2.37. The van der Waals surface area contributed by atoms with Crippen molar-refractivity contribution in [2.24, 2.45) is 0 Å². The Morgan fingerprint density at radius 1 is 1.57 bits per heavy atom. The molecule has 0 saturated heterocycles. The number of hydrogen-bond donors (Lipinski definition) is 1. The maximum absolute atomic E-state index is 5.28. The predicted octanol–water partition coefficient (Wildman–Crippen LogP) is 3.19. The lowest BCUT2D eigenvalue weighted by molar-refractivity contribution is 0.745. The number of imidazole rings is 1. The minimum absolute atomic E-state index is 0.568. The molecule has 1 fully saturated rings. The summed E-state index contributed by atoms with van der Waals surface area (Å²) in [6, 6.07) is 2.49. The van der Waals surface area contributed by atoms with Gasteiger partial charge in [0.05, 0.1) is 5.52 Å². The lowest BCUT2D eigenvalue weighted by Gasteiger charge is -1.99. The Morgan fingerprint density at radius 3 is 3.07 bits per heavy atom. The zero-order valence-electron chi connectivity index (χ0n) is 7.33. The molecule has 1 saturated carbocycles. The fourth-order valence-corrected chi connectivity index (χ4v) is 2.39. The number of fused-ring (bicyclic) bond motifs is 1. The van der Waals surface area contributed by atoms with Crippen molar-refractivity contribution in [1.29, 1.82) is 0 Å². The van der Waals surface area contributed by atoms with E-state index in [1.165, 1.54) is 12.8 Å². The van der Waals surface area contributed by atoms with Crippen molar-refractivity contribution in [3.05, 3.63) is 21.5 Å². The van der Waals surface area contributed by atoms with Crippen molar-refractivity contribution in [2.45, 2.75) is 18.9 Å². The van der Waals surface area contributed by atoms with Gasteiger partial charge in [0.15, 0.2) is 10.4 Å². The van der Waals surface area contributed by atoms with Gasteiger partial charge in [-0.25, -0.2) is 4.98 Å². The third-order valence-electron chi connectivity index (χ3n) is 2.47. The quantitative estimate of drug-likeness (QED) is 0.807. The molecule has 1 N–H and O–H groups in total. The van der Waals surface area contributed by atoms with E-state index in [0.29, 0.717) is 6.04 Å². The molecular weight excluding hydrogens is 262 g/mol. The zero-order chi connectivity index (χ0) is 9.71. The largest absolute Gasteiger partial charge is 0.328 e. The lowest BCUT2D eigenvalue weighted by atomic mass is 10.4. The first-order chi connectivity index (χ1) is 6.77. The van der Waals surface area contributed by atoms with E-state index in [1.807, 2.05) is 6.07 Å². The third-order valence-corrected chi connectivity index (χ3v) is 3.43. The summed E-state index contributed by atoms with van der Waals surface area (Å²) in [7, 11) is 0. The highest BCUT2D eigenvalue weighted by molar-refractivity contribution is 9.10. The Labute approximate surface area is 94.3 Å². The van der Waals surface area contributed by atoms with E-state index < -0.39 is 0 Å². The van der Waals surface area contributed by atoms with E-state index in [9.17, 15) is 0 Å². The van der Waals surface area contributed by atoms with Crippen LogP contribution in [-0.2, 0) is 0 Å². The first-order valence-corrected chi connectivity index (χ1v) is 5.72. The van der Waals surface area contributed by atoms with Gasteiger partial charge < -0.3 is 4.98 Å². The van der Waals surface area contributed by atoms with Crippen LogP contribution in [0.1, 0.15) is 18.9 Å². The van der Waals surface area contributed by atoms with Crippen molar-refractivity contribution in [2.75, 3.05) is 0 Å². The van der Waals surface area contributed by atoms with Crippen LogP contribution in [0.3, 0.4) is 0 Å². The maximum atomic E-state index is 5.28. The molecule has 1 aliphatic rings. The van der Waals surface area contributed by atoms with Crippen molar-refractivity contribution in [1.82, 2.24) is 14.5 Å². The molecular formula is C9H8BrN3S. The first-order valence-electron chi connectivity index (χ1n) is 4.52. The molecule has 3 rings (SSSR count). The number of aromatic nitrogens is 3. The minimum atomic E-state index is 0.568. The standard InChI is InChI=1S/C9H8BrN3S/c10-6-3-4-11-8-7(6)12-9(14)13(8)5-1-2-5/h3-5H,1-2H2,(H,12,14). The molecule has 0 amide bonds. The average molecular weight is 270 g/mol. The van der Waals surface area contributed by atoms with Crippen LogP contribution in [0.4, 0.5) is 0 Å². The molecule has 2 heterocycles. The number of hydrogen-bond acceptors (Lipinski definition) is 2. The van der Waals surface area contributed by atoms with E-state index in [2.05, 4.69) is 30.5 Å². The van der Waals surface area contributed by atoms with Crippen LogP contribution in [0.25, 0.3) is 11.2 Å². The topological polar surface area (TPSA) is 33.6 Å². The van der Waals surface area contributed by atoms with Crippen LogP contribution < -0.4 is 0 Å². The molecule has 3 nitrogen and oxygen atoms in total. The lowest BCUT2D eigenvalue weighted by Crippen LogP contribution is -1.94. The van der Waals surface area contributed by atoms with Gasteiger partial charge in [0.2, 0.25) is 0 Å². The molecule has 5 heteroatoms. The Morgan fingerprint density at radius 2 is 2.36 bits per heavy atom. The van der Waals surface area contributed by atoms with Gasteiger partial charge in [-0.1, -0.05) is 0 Å². The molecule has 0 bridgehead atoms.